The molecule has 1 aliphatic rings. The number of carbonyl (C=O) groups excluding carboxylic acids is 1. The lowest BCUT2D eigenvalue weighted by Crippen LogP contribution is -2.55. The van der Waals surface area contributed by atoms with E-state index in [1.807, 2.05) is 32.9 Å². The van der Waals surface area contributed by atoms with Gasteiger partial charge in [-0.25, -0.2) is 0 Å². The summed E-state index contributed by atoms with van der Waals surface area (Å²) < 4.78 is 5.83. The Balaban J connectivity index is 2.23. The van der Waals surface area contributed by atoms with Crippen LogP contribution < -0.4 is 0 Å². The molecule has 2 rings (SSSR count). The lowest BCUT2D eigenvalue weighted by atomic mass is 10.0. The number of amides is 1. The average Bonchev–Trinajstić information content (AvgIpc) is 2.34. The molecule has 0 radical (unpaired) electrons. The van der Waals surface area contributed by atoms with Crippen molar-refractivity contribution in [1.29, 1.82) is 0 Å². The summed E-state index contributed by atoms with van der Waals surface area (Å²) in [5.41, 5.74) is 1.20. The predicted octanol–water partition coefficient (Wildman–Crippen LogP) is 3.51. The Kier molecular flexibility index (Phi) is 4.62. The van der Waals surface area contributed by atoms with Gasteiger partial charge in [-0.3, -0.25) is 4.79 Å². The number of benzene rings is 1. The van der Waals surface area contributed by atoms with Crippen LogP contribution in [0, 0.1) is 6.92 Å². The highest BCUT2D eigenvalue weighted by Crippen LogP contribution is 2.24. The number of morpholine rings is 1. The molecule has 0 aromatic heterocycles. The summed E-state index contributed by atoms with van der Waals surface area (Å²) >= 11 is 11.9. The molecule has 1 aromatic rings. The zero-order valence-electron chi connectivity index (χ0n) is 12.0. The first-order valence-electron chi connectivity index (χ1n) is 6.61. The summed E-state index contributed by atoms with van der Waals surface area (Å²) in [4.78, 5) is 14.4. The first-order chi connectivity index (χ1) is 9.30. The maximum absolute atomic E-state index is 12.6. The van der Waals surface area contributed by atoms with Gasteiger partial charge in [0.2, 0.25) is 0 Å². The highest BCUT2D eigenvalue weighted by molar-refractivity contribution is 6.31. The first kappa shape index (κ1) is 15.6. The van der Waals surface area contributed by atoms with E-state index in [2.05, 4.69) is 0 Å². The van der Waals surface area contributed by atoms with Crippen LogP contribution in [-0.2, 0) is 4.74 Å². The van der Waals surface area contributed by atoms with Gasteiger partial charge in [0.25, 0.3) is 5.91 Å². The summed E-state index contributed by atoms with van der Waals surface area (Å²) in [6.45, 7) is 6.92. The number of nitrogens with zero attached hydrogens (tertiary/aromatic N) is 1. The molecule has 1 unspecified atom stereocenters. The molecule has 1 atom stereocenters. The second-order valence-electron chi connectivity index (χ2n) is 5.86. The normalized spacial score (nSPS) is 21.9. The molecule has 20 heavy (non-hydrogen) atoms. The van der Waals surface area contributed by atoms with E-state index in [0.717, 1.165) is 5.56 Å². The van der Waals surface area contributed by atoms with E-state index in [4.69, 9.17) is 27.9 Å². The Morgan fingerprint density at radius 2 is 2.15 bits per heavy atom. The van der Waals surface area contributed by atoms with E-state index in [1.54, 1.807) is 11.0 Å². The molecule has 0 N–H and O–H groups in total. The summed E-state index contributed by atoms with van der Waals surface area (Å²) in [5, 5.41) is 0.578. The summed E-state index contributed by atoms with van der Waals surface area (Å²) in [6.07, 6.45) is -0.135. The zero-order valence-corrected chi connectivity index (χ0v) is 13.5. The van der Waals surface area contributed by atoms with Crippen LogP contribution in [0.1, 0.15) is 29.8 Å². The number of alkyl halides is 1. The number of ether oxygens (including phenoxy) is 1. The van der Waals surface area contributed by atoms with E-state index < -0.39 is 0 Å². The molecule has 0 spiro atoms. The molecule has 0 saturated carbocycles. The van der Waals surface area contributed by atoms with Gasteiger partial charge in [0, 0.05) is 23.7 Å². The summed E-state index contributed by atoms with van der Waals surface area (Å²) in [7, 11) is 0. The van der Waals surface area contributed by atoms with E-state index in [0.29, 0.717) is 29.6 Å². The first-order valence-corrected chi connectivity index (χ1v) is 7.52. The van der Waals surface area contributed by atoms with Crippen LogP contribution in [0.3, 0.4) is 0 Å². The summed E-state index contributed by atoms with van der Waals surface area (Å²) in [6, 6.07) is 5.39. The topological polar surface area (TPSA) is 29.5 Å². The molecule has 5 heteroatoms. The fraction of sp³-hybridized carbons (Fsp3) is 0.533. The molecular formula is C15H19Cl2NO2. The van der Waals surface area contributed by atoms with Crippen molar-refractivity contribution < 1.29 is 9.53 Å². The van der Waals surface area contributed by atoms with Crippen LogP contribution in [-0.4, -0.2) is 41.5 Å². The van der Waals surface area contributed by atoms with E-state index in [1.165, 1.54) is 0 Å². The van der Waals surface area contributed by atoms with Crippen LogP contribution >= 0.6 is 23.2 Å². The quantitative estimate of drug-likeness (QED) is 0.782. The molecule has 1 saturated heterocycles. The Bertz CT molecular complexity index is 496. The third-order valence-corrected chi connectivity index (χ3v) is 3.79. The van der Waals surface area contributed by atoms with Gasteiger partial charge in [-0.1, -0.05) is 11.6 Å². The van der Waals surface area contributed by atoms with Gasteiger partial charge in [0.15, 0.2) is 0 Å². The van der Waals surface area contributed by atoms with Crippen LogP contribution in [0.4, 0.5) is 0 Å². The van der Waals surface area contributed by atoms with E-state index in [-0.39, 0.29) is 17.6 Å². The number of halogens is 2. The molecule has 1 heterocycles. The third-order valence-electron chi connectivity index (χ3n) is 3.23. The van der Waals surface area contributed by atoms with Gasteiger partial charge < -0.3 is 9.64 Å². The highest BCUT2D eigenvalue weighted by Gasteiger charge is 2.35. The second kappa shape index (κ2) is 5.92. The molecule has 0 bridgehead atoms. The molecule has 1 fully saturated rings. The van der Waals surface area contributed by atoms with Crippen molar-refractivity contribution in [2.75, 3.05) is 19.0 Å². The minimum Gasteiger partial charge on any atom is -0.367 e. The largest absolute Gasteiger partial charge is 0.367 e. The van der Waals surface area contributed by atoms with Crippen LogP contribution in [0.15, 0.2) is 18.2 Å². The lowest BCUT2D eigenvalue weighted by Gasteiger charge is -2.42. The molecule has 110 valence electrons. The number of aryl methyl sites for hydroxylation is 1. The second-order valence-corrected chi connectivity index (χ2v) is 6.60. The Morgan fingerprint density at radius 1 is 1.45 bits per heavy atom. The minimum atomic E-state index is -0.388. The van der Waals surface area contributed by atoms with Crippen LogP contribution in [0.25, 0.3) is 0 Å². The van der Waals surface area contributed by atoms with Gasteiger partial charge >= 0.3 is 0 Å². The molecular weight excluding hydrogens is 297 g/mol. The summed E-state index contributed by atoms with van der Waals surface area (Å²) in [5.74, 6) is 0.351. The molecule has 1 aliphatic heterocycles. The highest BCUT2D eigenvalue weighted by atomic mass is 35.5. The molecule has 1 aromatic carbocycles. The predicted molar refractivity (Wildman–Crippen MR) is 81.8 cm³/mol. The van der Waals surface area contributed by atoms with Crippen molar-refractivity contribution in [3.8, 4) is 0 Å². The Labute approximate surface area is 129 Å². The molecule has 0 aliphatic carbocycles. The molecule has 1 amide bonds. The Hall–Kier alpha value is -0.770. The smallest absolute Gasteiger partial charge is 0.254 e. The van der Waals surface area contributed by atoms with Crippen molar-refractivity contribution in [1.82, 2.24) is 4.90 Å². The fourth-order valence-corrected chi connectivity index (χ4v) is 3.02. The van der Waals surface area contributed by atoms with Gasteiger partial charge in [-0.05, 0) is 44.5 Å². The van der Waals surface area contributed by atoms with Gasteiger partial charge in [0.1, 0.15) is 0 Å². The average molecular weight is 316 g/mol. The van der Waals surface area contributed by atoms with Gasteiger partial charge in [-0.2, -0.15) is 0 Å². The van der Waals surface area contributed by atoms with Gasteiger partial charge in [-0.15, -0.1) is 11.6 Å². The fourth-order valence-electron chi connectivity index (χ4n) is 2.57. The van der Waals surface area contributed by atoms with E-state index >= 15 is 0 Å². The van der Waals surface area contributed by atoms with Crippen molar-refractivity contribution in [2.45, 2.75) is 32.5 Å². The van der Waals surface area contributed by atoms with Gasteiger partial charge in [0.05, 0.1) is 17.6 Å². The standard InChI is InChI=1S/C15H19Cl2NO2/c1-10-4-11(6-12(17)5-10)14(19)18-8-13(7-16)20-15(2,3)9-18/h4-6,13H,7-9H2,1-3H3. The SMILES string of the molecule is Cc1cc(Cl)cc(C(=O)N2CC(CCl)OC(C)(C)C2)c1. The monoisotopic (exact) mass is 315 g/mol. The van der Waals surface area contributed by atoms with Crippen molar-refractivity contribution >= 4 is 29.1 Å². The minimum absolute atomic E-state index is 0.0258. The van der Waals surface area contributed by atoms with Crippen molar-refractivity contribution in [3.05, 3.63) is 34.3 Å². The van der Waals surface area contributed by atoms with E-state index in [9.17, 15) is 4.79 Å². The number of hydrogen-bond acceptors (Lipinski definition) is 2. The third kappa shape index (κ3) is 3.66. The van der Waals surface area contributed by atoms with Crippen LogP contribution in [0.2, 0.25) is 5.02 Å². The molecule has 3 nitrogen and oxygen atoms in total. The maximum atomic E-state index is 12.6. The Morgan fingerprint density at radius 3 is 2.75 bits per heavy atom. The number of rotatable bonds is 2. The number of hydrogen-bond donors (Lipinski definition) is 0. The van der Waals surface area contributed by atoms with Crippen molar-refractivity contribution in [3.63, 3.8) is 0 Å². The number of carbonyl (C=O) groups is 1. The van der Waals surface area contributed by atoms with Crippen LogP contribution in [0.5, 0.6) is 0 Å². The zero-order chi connectivity index (χ0) is 14.9. The van der Waals surface area contributed by atoms with Crippen molar-refractivity contribution in [2.24, 2.45) is 0 Å². The lowest BCUT2D eigenvalue weighted by molar-refractivity contribution is -0.117. The maximum Gasteiger partial charge on any atom is 0.254 e.